The average Bonchev–Trinajstić information content (AvgIpc) is 3.70. The molecular weight excluding hydrogens is 488 g/mol. The van der Waals surface area contributed by atoms with E-state index in [-0.39, 0.29) is 22.5 Å². The van der Waals surface area contributed by atoms with E-state index in [1.807, 2.05) is 0 Å². The Morgan fingerprint density at radius 2 is 0.861 bits per heavy atom. The van der Waals surface area contributed by atoms with Gasteiger partial charge in [0.1, 0.15) is 22.5 Å². The molecule has 0 aromatic heterocycles. The molecule has 2 heterocycles. The Balaban J connectivity index is 0.000000201. The number of rotatable bonds is 8. The van der Waals surface area contributed by atoms with E-state index in [4.69, 9.17) is 11.5 Å². The predicted molar refractivity (Wildman–Crippen MR) is 121 cm³/mol. The number of nitrogens with two attached hydrogens (primary N) is 2. The van der Waals surface area contributed by atoms with Crippen LogP contribution in [0.2, 0.25) is 0 Å². The number of hydrogen-bond acceptors (Lipinski definition) is 12. The maximum absolute atomic E-state index is 11.1. The lowest BCUT2D eigenvalue weighted by Crippen LogP contribution is -2.14. The number of hydrogen-bond donors (Lipinski definition) is 2. The Labute approximate surface area is 199 Å². The Morgan fingerprint density at radius 1 is 0.583 bits per heavy atom. The first-order valence-electron chi connectivity index (χ1n) is 9.86. The van der Waals surface area contributed by atoms with Gasteiger partial charge in [-0.25, -0.2) is 0 Å². The Bertz CT molecular complexity index is 1230. The third kappa shape index (κ3) is 5.21. The number of carbonyl (C=O) groups is 2. The van der Waals surface area contributed by atoms with Gasteiger partial charge in [0.2, 0.25) is 0 Å². The normalized spacial score (nSPS) is 13.2. The van der Waals surface area contributed by atoms with Crippen molar-refractivity contribution in [3.05, 3.63) is 75.8 Å². The summed E-state index contributed by atoms with van der Waals surface area (Å²) in [7, 11) is 0. The Kier molecular flexibility index (Phi) is 6.61. The lowest BCUT2D eigenvalue weighted by Gasteiger charge is -2.06. The van der Waals surface area contributed by atoms with E-state index in [2.05, 4.69) is 0 Å². The Morgan fingerprint density at radius 3 is 1.06 bits per heavy atom. The molecule has 0 aliphatic carbocycles. The molecule has 188 valence electrons. The first kappa shape index (κ1) is 25.2. The van der Waals surface area contributed by atoms with Crippen LogP contribution in [-0.4, -0.2) is 57.7 Å². The number of nitro benzene ring substituents is 4. The minimum Gasteiger partial charge on any atom is -0.365 e. The molecular formula is C18H16N8O10. The van der Waals surface area contributed by atoms with E-state index in [1.165, 1.54) is 0 Å². The van der Waals surface area contributed by atoms with Gasteiger partial charge in [0.25, 0.3) is 34.6 Å². The van der Waals surface area contributed by atoms with E-state index in [0.717, 1.165) is 24.3 Å². The van der Waals surface area contributed by atoms with Crippen LogP contribution in [0.1, 0.15) is 20.7 Å². The van der Waals surface area contributed by atoms with Crippen LogP contribution < -0.4 is 21.3 Å². The van der Waals surface area contributed by atoms with Gasteiger partial charge in [-0.3, -0.25) is 50.0 Å². The van der Waals surface area contributed by atoms with Crippen molar-refractivity contribution in [3.63, 3.8) is 0 Å². The molecule has 2 saturated heterocycles. The molecule has 0 bridgehead atoms. The molecule has 0 atom stereocenters. The van der Waals surface area contributed by atoms with Crippen LogP contribution in [-0.2, 0) is 0 Å². The summed E-state index contributed by atoms with van der Waals surface area (Å²) >= 11 is 0. The van der Waals surface area contributed by atoms with Gasteiger partial charge in [-0.1, -0.05) is 0 Å². The summed E-state index contributed by atoms with van der Waals surface area (Å²) in [5.41, 5.74) is 7.68. The average molecular weight is 504 g/mol. The van der Waals surface area contributed by atoms with Crippen LogP contribution in [0.5, 0.6) is 0 Å². The summed E-state index contributed by atoms with van der Waals surface area (Å²) in [6.07, 6.45) is 0. The van der Waals surface area contributed by atoms with E-state index in [1.54, 1.807) is 9.80 Å². The zero-order valence-electron chi connectivity index (χ0n) is 18.1. The smallest absolute Gasteiger partial charge is 0.299 e. The minimum atomic E-state index is -0.986. The van der Waals surface area contributed by atoms with Gasteiger partial charge < -0.3 is 21.3 Å². The second kappa shape index (κ2) is 9.44. The number of benzene rings is 2. The molecule has 36 heavy (non-hydrogen) atoms. The molecule has 2 aromatic carbocycles. The highest BCUT2D eigenvalue weighted by Gasteiger charge is 2.34. The Hall–Kier alpha value is -5.42. The topological polar surface area (TPSA) is 265 Å². The summed E-state index contributed by atoms with van der Waals surface area (Å²) in [4.78, 5) is 65.6. The predicted octanol–water partition coefficient (Wildman–Crippen LogP) is 0.844. The fraction of sp³-hybridized carbons (Fsp3) is 0.222. The van der Waals surface area contributed by atoms with Crippen molar-refractivity contribution in [2.24, 2.45) is 11.5 Å². The summed E-state index contributed by atoms with van der Waals surface area (Å²) in [6.45, 7) is 2.43. The van der Waals surface area contributed by atoms with Crippen LogP contribution in [0.4, 0.5) is 34.1 Å². The molecule has 2 aromatic rings. The molecule has 2 aliphatic heterocycles. The second-order valence-electron chi connectivity index (χ2n) is 7.45. The summed E-state index contributed by atoms with van der Waals surface area (Å²) in [6, 6.07) is 3.75. The van der Waals surface area contributed by atoms with Crippen LogP contribution >= 0.6 is 0 Å². The number of carbonyl (C=O) groups excluding carboxylic acids is 2. The quantitative estimate of drug-likeness (QED) is 0.288. The van der Waals surface area contributed by atoms with Gasteiger partial charge in [0.15, 0.2) is 0 Å². The molecule has 18 heteroatoms. The molecule has 2 aliphatic rings. The third-order valence-electron chi connectivity index (χ3n) is 5.08. The van der Waals surface area contributed by atoms with Crippen molar-refractivity contribution in [2.75, 3.05) is 36.0 Å². The van der Waals surface area contributed by atoms with Crippen molar-refractivity contribution < 1.29 is 29.3 Å². The van der Waals surface area contributed by atoms with Gasteiger partial charge in [-0.15, -0.1) is 0 Å². The zero-order valence-corrected chi connectivity index (χ0v) is 18.1. The first-order chi connectivity index (χ1) is 16.8. The van der Waals surface area contributed by atoms with E-state index >= 15 is 0 Å². The molecule has 2 amide bonds. The van der Waals surface area contributed by atoms with Gasteiger partial charge in [0.05, 0.1) is 31.8 Å². The maximum atomic E-state index is 11.1. The molecule has 0 spiro atoms. The molecule has 0 unspecified atom stereocenters. The van der Waals surface area contributed by atoms with Crippen molar-refractivity contribution >= 4 is 45.9 Å². The highest BCUT2D eigenvalue weighted by molar-refractivity contribution is 6.00. The van der Waals surface area contributed by atoms with Crippen LogP contribution in [0.25, 0.3) is 0 Å². The number of amides is 2. The van der Waals surface area contributed by atoms with Crippen LogP contribution in [0.3, 0.4) is 0 Å². The van der Waals surface area contributed by atoms with Crippen molar-refractivity contribution in [1.29, 1.82) is 0 Å². The standard InChI is InChI=1S/2C9H8N4O5/c2*10-9(14)5-3-7(11-1-2-11)8(13(17)18)4-6(5)12(15)16/h2*3-4H,1-2H2,(H2,10,14). The van der Waals surface area contributed by atoms with Crippen LogP contribution in [0, 0.1) is 40.5 Å². The molecule has 2 fully saturated rings. The summed E-state index contributed by atoms with van der Waals surface area (Å²) in [5, 5.41) is 43.2. The van der Waals surface area contributed by atoms with E-state index in [9.17, 15) is 50.0 Å². The molecule has 0 radical (unpaired) electrons. The number of nitro groups is 4. The third-order valence-corrected chi connectivity index (χ3v) is 5.08. The fourth-order valence-electron chi connectivity index (χ4n) is 3.21. The van der Waals surface area contributed by atoms with Gasteiger partial charge in [-0.2, -0.15) is 0 Å². The van der Waals surface area contributed by atoms with Crippen molar-refractivity contribution in [1.82, 2.24) is 0 Å². The lowest BCUT2D eigenvalue weighted by molar-refractivity contribution is -0.394. The highest BCUT2D eigenvalue weighted by Crippen LogP contribution is 2.38. The van der Waals surface area contributed by atoms with E-state index in [0.29, 0.717) is 26.2 Å². The largest absolute Gasteiger partial charge is 0.365 e. The SMILES string of the molecule is NC(=O)c1cc(N2CC2)c([N+](=O)[O-])cc1[N+](=O)[O-].NC(=O)c1cc(N2CC2)c([N+](=O)[O-])cc1[N+](=O)[O-]. The first-order valence-corrected chi connectivity index (χ1v) is 9.86. The molecule has 18 nitrogen and oxygen atoms in total. The van der Waals surface area contributed by atoms with Crippen molar-refractivity contribution in [2.45, 2.75) is 0 Å². The zero-order chi connectivity index (χ0) is 26.9. The number of primary amides is 2. The van der Waals surface area contributed by atoms with E-state index < -0.39 is 54.3 Å². The molecule has 0 saturated carbocycles. The summed E-state index contributed by atoms with van der Waals surface area (Å²) in [5.74, 6) is -1.97. The van der Waals surface area contributed by atoms with Gasteiger partial charge >= 0.3 is 0 Å². The fourth-order valence-corrected chi connectivity index (χ4v) is 3.21. The van der Waals surface area contributed by atoms with Crippen molar-refractivity contribution in [3.8, 4) is 0 Å². The summed E-state index contributed by atoms with van der Waals surface area (Å²) < 4.78 is 0. The minimum absolute atomic E-state index is 0.180. The second-order valence-corrected chi connectivity index (χ2v) is 7.45. The monoisotopic (exact) mass is 504 g/mol. The lowest BCUT2D eigenvalue weighted by atomic mass is 10.1. The van der Waals surface area contributed by atoms with Gasteiger partial charge in [0, 0.05) is 26.2 Å². The highest BCUT2D eigenvalue weighted by atomic mass is 16.6. The maximum Gasteiger partial charge on any atom is 0.299 e. The molecule has 4 N–H and O–H groups in total. The number of anilines is 2. The number of nitrogens with zero attached hydrogens (tertiary/aromatic N) is 6. The molecule has 4 rings (SSSR count). The van der Waals surface area contributed by atoms with Crippen LogP contribution in [0.15, 0.2) is 24.3 Å². The van der Waals surface area contributed by atoms with Gasteiger partial charge in [-0.05, 0) is 12.1 Å².